The molecule has 0 atom stereocenters. The van der Waals surface area contributed by atoms with Gasteiger partial charge in [0, 0.05) is 5.56 Å². The fourth-order valence-corrected chi connectivity index (χ4v) is 2.12. The van der Waals surface area contributed by atoms with Crippen LogP contribution in [0.15, 0.2) is 27.8 Å². The second kappa shape index (κ2) is 4.87. The molecule has 0 aliphatic rings. The molecule has 0 unspecified atom stereocenters. The highest BCUT2D eigenvalue weighted by Crippen LogP contribution is 2.28. The van der Waals surface area contributed by atoms with Gasteiger partial charge in [0.05, 0.1) is 15.8 Å². The minimum atomic E-state index is -3.50. The van der Waals surface area contributed by atoms with Crippen LogP contribution in [-0.4, -0.2) is 24.4 Å². The third-order valence-electron chi connectivity index (χ3n) is 2.22. The highest BCUT2D eigenvalue weighted by molar-refractivity contribution is 7.91. The van der Waals surface area contributed by atoms with Gasteiger partial charge in [0.25, 0.3) is 0 Å². The van der Waals surface area contributed by atoms with Crippen molar-refractivity contribution in [3.05, 3.63) is 28.2 Å². The van der Waals surface area contributed by atoms with E-state index in [1.807, 2.05) is 0 Å². The van der Waals surface area contributed by atoms with Crippen molar-refractivity contribution in [1.82, 2.24) is 10.2 Å². The van der Waals surface area contributed by atoms with E-state index in [1.165, 1.54) is 13.0 Å². The summed E-state index contributed by atoms with van der Waals surface area (Å²) in [6, 6.07) is 4.71. The molecule has 2 rings (SSSR count). The van der Waals surface area contributed by atoms with Crippen molar-refractivity contribution in [1.29, 1.82) is 0 Å². The van der Waals surface area contributed by atoms with Gasteiger partial charge in [-0.15, -0.1) is 5.10 Å². The smallest absolute Gasteiger partial charge is 0.335 e. The zero-order valence-corrected chi connectivity index (χ0v) is 11.6. The summed E-state index contributed by atoms with van der Waals surface area (Å²) in [4.78, 5) is 0. The molecular formula is C10H8Cl2N2O3S. The lowest BCUT2D eigenvalue weighted by Crippen LogP contribution is -2.03. The molecule has 0 radical (unpaired) electrons. The minimum absolute atomic E-state index is 0.0839. The third-order valence-corrected chi connectivity index (χ3v) is 4.42. The van der Waals surface area contributed by atoms with Gasteiger partial charge in [0.2, 0.25) is 15.7 Å². The van der Waals surface area contributed by atoms with E-state index in [9.17, 15) is 8.42 Å². The molecule has 1 aromatic carbocycles. The van der Waals surface area contributed by atoms with E-state index in [1.54, 1.807) is 12.1 Å². The van der Waals surface area contributed by atoms with Gasteiger partial charge in [0.15, 0.2) is 0 Å². The lowest BCUT2D eigenvalue weighted by Gasteiger charge is -1.97. The molecule has 0 aliphatic carbocycles. The molecule has 5 nitrogen and oxygen atoms in total. The van der Waals surface area contributed by atoms with Gasteiger partial charge in [0.1, 0.15) is 0 Å². The van der Waals surface area contributed by atoms with E-state index in [0.29, 0.717) is 15.6 Å². The van der Waals surface area contributed by atoms with E-state index in [2.05, 4.69) is 10.2 Å². The second-order valence-electron chi connectivity index (χ2n) is 3.41. The summed E-state index contributed by atoms with van der Waals surface area (Å²) >= 11 is 11.6. The van der Waals surface area contributed by atoms with Gasteiger partial charge in [-0.2, -0.15) is 0 Å². The van der Waals surface area contributed by atoms with Crippen molar-refractivity contribution in [2.75, 3.05) is 5.75 Å². The van der Waals surface area contributed by atoms with Crippen molar-refractivity contribution in [2.24, 2.45) is 0 Å². The number of hydrogen-bond donors (Lipinski definition) is 0. The standard InChI is InChI=1S/C10H8Cl2N2O3S/c1-2-18(15,16)10-14-13-9(17-10)6-3-4-7(11)8(12)5-6/h3-5H,2H2,1H3. The summed E-state index contributed by atoms with van der Waals surface area (Å²) in [5, 5.41) is 7.50. The van der Waals surface area contributed by atoms with Crippen LogP contribution in [0.25, 0.3) is 11.5 Å². The van der Waals surface area contributed by atoms with Gasteiger partial charge in [-0.3, -0.25) is 0 Å². The number of aromatic nitrogens is 2. The first-order valence-electron chi connectivity index (χ1n) is 4.95. The largest absolute Gasteiger partial charge is 0.408 e. The molecule has 1 heterocycles. The molecule has 1 aromatic heterocycles. The monoisotopic (exact) mass is 306 g/mol. The van der Waals surface area contributed by atoms with Crippen molar-refractivity contribution >= 4 is 33.0 Å². The van der Waals surface area contributed by atoms with Gasteiger partial charge in [-0.05, 0) is 18.2 Å². The number of halogens is 2. The number of rotatable bonds is 3. The van der Waals surface area contributed by atoms with E-state index >= 15 is 0 Å². The molecule has 18 heavy (non-hydrogen) atoms. The molecule has 0 aliphatic heterocycles. The maximum Gasteiger partial charge on any atom is 0.335 e. The van der Waals surface area contributed by atoms with Gasteiger partial charge in [-0.25, -0.2) is 8.42 Å². The molecule has 96 valence electrons. The highest BCUT2D eigenvalue weighted by atomic mass is 35.5. The quantitative estimate of drug-likeness (QED) is 0.871. The van der Waals surface area contributed by atoms with Crippen LogP contribution in [-0.2, 0) is 9.84 Å². The average molecular weight is 307 g/mol. The van der Waals surface area contributed by atoms with Crippen LogP contribution in [0.1, 0.15) is 6.92 Å². The number of benzene rings is 1. The Kier molecular flexibility index (Phi) is 3.61. The fourth-order valence-electron chi connectivity index (χ4n) is 1.20. The summed E-state index contributed by atoms with van der Waals surface area (Å²) < 4.78 is 28.2. The van der Waals surface area contributed by atoms with E-state index in [-0.39, 0.29) is 11.6 Å². The van der Waals surface area contributed by atoms with Gasteiger partial charge < -0.3 is 4.42 Å². The molecule has 0 bridgehead atoms. The Bertz CT molecular complexity index is 682. The van der Waals surface area contributed by atoms with Crippen molar-refractivity contribution in [2.45, 2.75) is 12.1 Å². The Morgan fingerprint density at radius 2 is 1.94 bits per heavy atom. The van der Waals surface area contributed by atoms with Crippen LogP contribution in [0.2, 0.25) is 10.0 Å². The van der Waals surface area contributed by atoms with Crippen LogP contribution in [0.3, 0.4) is 0 Å². The van der Waals surface area contributed by atoms with Crippen LogP contribution >= 0.6 is 23.2 Å². The van der Waals surface area contributed by atoms with Gasteiger partial charge >= 0.3 is 5.22 Å². The van der Waals surface area contributed by atoms with Crippen LogP contribution < -0.4 is 0 Å². The van der Waals surface area contributed by atoms with Crippen molar-refractivity contribution in [3.63, 3.8) is 0 Å². The normalized spacial score (nSPS) is 11.7. The van der Waals surface area contributed by atoms with Crippen LogP contribution in [0, 0.1) is 0 Å². The Labute approximate surface area is 114 Å². The summed E-state index contributed by atoms with van der Waals surface area (Å²) in [6.45, 7) is 1.50. The second-order valence-corrected chi connectivity index (χ2v) is 6.38. The zero-order valence-electron chi connectivity index (χ0n) is 9.22. The first kappa shape index (κ1) is 13.3. The molecule has 0 saturated carbocycles. The lowest BCUT2D eigenvalue weighted by atomic mass is 10.2. The van der Waals surface area contributed by atoms with Crippen molar-refractivity contribution < 1.29 is 12.8 Å². The van der Waals surface area contributed by atoms with Crippen LogP contribution in [0.4, 0.5) is 0 Å². The third kappa shape index (κ3) is 2.50. The van der Waals surface area contributed by atoms with E-state index in [4.69, 9.17) is 27.6 Å². The lowest BCUT2D eigenvalue weighted by molar-refractivity contribution is 0.440. The summed E-state index contributed by atoms with van der Waals surface area (Å²) in [5.74, 6) is -0.0173. The molecule has 2 aromatic rings. The summed E-state index contributed by atoms with van der Waals surface area (Å²) in [7, 11) is -3.50. The Balaban J connectivity index is 2.44. The average Bonchev–Trinajstić information content (AvgIpc) is 2.83. The highest BCUT2D eigenvalue weighted by Gasteiger charge is 2.20. The number of nitrogens with zero attached hydrogens (tertiary/aromatic N) is 2. The molecule has 0 fully saturated rings. The van der Waals surface area contributed by atoms with E-state index in [0.717, 1.165) is 0 Å². The number of sulfone groups is 1. The first-order valence-corrected chi connectivity index (χ1v) is 7.36. The minimum Gasteiger partial charge on any atom is -0.408 e. The Morgan fingerprint density at radius 1 is 1.22 bits per heavy atom. The molecule has 0 N–H and O–H groups in total. The Morgan fingerprint density at radius 3 is 2.56 bits per heavy atom. The predicted octanol–water partition coefficient (Wildman–Crippen LogP) is 2.84. The topological polar surface area (TPSA) is 73.1 Å². The van der Waals surface area contributed by atoms with Crippen molar-refractivity contribution in [3.8, 4) is 11.5 Å². The van der Waals surface area contributed by atoms with Crippen LogP contribution in [0.5, 0.6) is 0 Å². The summed E-state index contributed by atoms with van der Waals surface area (Å²) in [5.41, 5.74) is 0.509. The van der Waals surface area contributed by atoms with E-state index < -0.39 is 15.1 Å². The predicted molar refractivity (Wildman–Crippen MR) is 67.5 cm³/mol. The molecular weight excluding hydrogens is 299 g/mol. The zero-order chi connectivity index (χ0) is 13.3. The fraction of sp³-hybridized carbons (Fsp3) is 0.200. The first-order chi connectivity index (χ1) is 8.44. The SMILES string of the molecule is CCS(=O)(=O)c1nnc(-c2ccc(Cl)c(Cl)c2)o1. The van der Waals surface area contributed by atoms with Gasteiger partial charge in [-0.1, -0.05) is 35.2 Å². The number of hydrogen-bond acceptors (Lipinski definition) is 5. The molecule has 0 saturated heterocycles. The summed E-state index contributed by atoms with van der Waals surface area (Å²) in [6.07, 6.45) is 0. The maximum atomic E-state index is 11.5. The maximum absolute atomic E-state index is 11.5. The molecule has 8 heteroatoms. The molecule has 0 spiro atoms. The molecule has 0 amide bonds. The Hall–Kier alpha value is -1.11.